The number of aliphatic hydroxyl groups excluding tert-OH is 3. The fraction of sp³-hybridized carbons (Fsp3) is 0.919. The van der Waals surface area contributed by atoms with Gasteiger partial charge in [0.15, 0.2) is 0 Å². The molecule has 0 bridgehead atoms. The Morgan fingerprint density at radius 1 is 0.733 bits per heavy atom. The minimum atomic E-state index is -0.956. The van der Waals surface area contributed by atoms with E-state index in [0.29, 0.717) is 50.5 Å². The first-order chi connectivity index (χ1) is 21.8. The van der Waals surface area contributed by atoms with Gasteiger partial charge < -0.3 is 29.5 Å². The number of rotatable bonds is 25. The first-order valence-corrected chi connectivity index (χ1v) is 18.7. The van der Waals surface area contributed by atoms with E-state index in [-0.39, 0.29) is 30.4 Å². The number of cyclic esters (lactones) is 1. The molecule has 0 radical (unpaired) electrons. The highest BCUT2D eigenvalue weighted by molar-refractivity contribution is 5.90. The van der Waals surface area contributed by atoms with Crippen LogP contribution < -0.4 is 0 Å². The number of carbonyl (C=O) groups excluding carboxylic acids is 1. The standard InChI is InChI=1S/C37H65FO7/c1-3-4-5-6-7-8-12-15-18-31(38)34-23-24-36(45-34)33(41)21-20-32(40)35-22-19-30(44-35)17-14-11-9-10-13-16-29(39)26-28-25-27(2)43-37(28)42/h25,27,29-36,39-41H,3-24,26H2,1-2H3/t27-,29+,30+,31-,32-,33+,34+,35-,36+/m0/s1/i38-1. The second kappa shape index (κ2) is 21.7. The monoisotopic (exact) mass is 639 g/mol. The van der Waals surface area contributed by atoms with Gasteiger partial charge in [0.25, 0.3) is 0 Å². The van der Waals surface area contributed by atoms with Crippen molar-refractivity contribution >= 4 is 5.97 Å². The van der Waals surface area contributed by atoms with Crippen molar-refractivity contribution in [2.45, 2.75) is 217 Å². The molecule has 9 atom stereocenters. The van der Waals surface area contributed by atoms with E-state index < -0.39 is 30.6 Å². The van der Waals surface area contributed by atoms with Gasteiger partial charge in [0.2, 0.25) is 0 Å². The molecule has 262 valence electrons. The highest BCUT2D eigenvalue weighted by Gasteiger charge is 2.36. The molecule has 0 unspecified atom stereocenters. The van der Waals surface area contributed by atoms with Gasteiger partial charge in [-0.15, -0.1) is 0 Å². The molecule has 3 heterocycles. The molecule has 0 aromatic rings. The molecule has 2 saturated heterocycles. The van der Waals surface area contributed by atoms with Crippen molar-refractivity contribution in [2.75, 3.05) is 0 Å². The summed E-state index contributed by atoms with van der Waals surface area (Å²) in [5, 5.41) is 31.7. The van der Waals surface area contributed by atoms with Gasteiger partial charge in [-0.3, -0.25) is 0 Å². The lowest BCUT2D eigenvalue weighted by Gasteiger charge is -2.24. The number of ether oxygens (including phenoxy) is 3. The number of halogens is 1. The van der Waals surface area contributed by atoms with E-state index in [2.05, 4.69) is 6.92 Å². The van der Waals surface area contributed by atoms with Crippen molar-refractivity contribution < 1.29 is 38.7 Å². The molecule has 8 heteroatoms. The van der Waals surface area contributed by atoms with Gasteiger partial charge in [0.05, 0.1) is 42.7 Å². The Hall–Kier alpha value is -1.06. The molecular weight excluding hydrogens is 574 g/mol. The van der Waals surface area contributed by atoms with E-state index >= 15 is 0 Å². The minimum absolute atomic E-state index is 0.180. The summed E-state index contributed by atoms with van der Waals surface area (Å²) < 4.78 is 32.0. The molecule has 7 nitrogen and oxygen atoms in total. The van der Waals surface area contributed by atoms with Gasteiger partial charge >= 0.3 is 5.97 Å². The molecule has 3 aliphatic rings. The zero-order valence-electron chi connectivity index (χ0n) is 28.4. The zero-order chi connectivity index (χ0) is 32.4. The molecule has 0 amide bonds. The number of unbranched alkanes of at least 4 members (excludes halogenated alkanes) is 11. The topological polar surface area (TPSA) is 105 Å². The summed E-state index contributed by atoms with van der Waals surface area (Å²) in [6, 6.07) is 0. The average molecular weight is 640 g/mol. The second-order valence-corrected chi connectivity index (χ2v) is 14.2. The summed E-state index contributed by atoms with van der Waals surface area (Å²) in [6.07, 6.45) is 19.7. The molecule has 0 spiro atoms. The maximum Gasteiger partial charge on any atom is 0.334 e. The highest BCUT2D eigenvalue weighted by Crippen LogP contribution is 2.31. The van der Waals surface area contributed by atoms with Gasteiger partial charge in [0.1, 0.15) is 12.3 Å². The van der Waals surface area contributed by atoms with Crippen molar-refractivity contribution in [3.8, 4) is 0 Å². The summed E-state index contributed by atoms with van der Waals surface area (Å²) in [5.41, 5.74) is 0.596. The third kappa shape index (κ3) is 14.7. The molecule has 0 saturated carbocycles. The van der Waals surface area contributed by atoms with Crippen molar-refractivity contribution in [3.63, 3.8) is 0 Å². The molecule has 0 aromatic carbocycles. The highest BCUT2D eigenvalue weighted by atomic mass is 18.2. The van der Waals surface area contributed by atoms with Crippen molar-refractivity contribution in [3.05, 3.63) is 11.6 Å². The van der Waals surface area contributed by atoms with Crippen LogP contribution in [0.15, 0.2) is 11.6 Å². The van der Waals surface area contributed by atoms with E-state index in [1.807, 2.05) is 6.92 Å². The first kappa shape index (κ1) is 38.4. The van der Waals surface area contributed by atoms with Crippen LogP contribution in [0.1, 0.15) is 162 Å². The van der Waals surface area contributed by atoms with Crippen molar-refractivity contribution in [1.82, 2.24) is 0 Å². The van der Waals surface area contributed by atoms with E-state index in [4.69, 9.17) is 14.2 Å². The Bertz CT molecular complexity index is 838. The number of hydrogen-bond donors (Lipinski definition) is 3. The molecule has 3 rings (SSSR count). The Balaban J connectivity index is 1.16. The maximum absolute atomic E-state index is 14.8. The number of aliphatic hydroxyl groups is 3. The lowest BCUT2D eigenvalue weighted by molar-refractivity contribution is -0.139. The van der Waals surface area contributed by atoms with Gasteiger partial charge in [-0.05, 0) is 70.8 Å². The Morgan fingerprint density at radius 3 is 1.93 bits per heavy atom. The number of carbonyl (C=O) groups is 1. The third-order valence-electron chi connectivity index (χ3n) is 10.1. The third-order valence-corrected chi connectivity index (χ3v) is 10.1. The Labute approximate surface area is 272 Å². The van der Waals surface area contributed by atoms with E-state index in [0.717, 1.165) is 64.2 Å². The molecule has 3 N–H and O–H groups in total. The number of esters is 1. The van der Waals surface area contributed by atoms with Crippen molar-refractivity contribution in [2.24, 2.45) is 0 Å². The zero-order valence-corrected chi connectivity index (χ0v) is 28.4. The van der Waals surface area contributed by atoms with Crippen LogP contribution in [0.3, 0.4) is 0 Å². The molecular formula is C37H65FO7. The Kier molecular flexibility index (Phi) is 18.5. The molecule has 45 heavy (non-hydrogen) atoms. The number of alkyl halides is 1. The summed E-state index contributed by atoms with van der Waals surface area (Å²) in [4.78, 5) is 11.7. The Morgan fingerprint density at radius 2 is 1.29 bits per heavy atom. The smallest absolute Gasteiger partial charge is 0.334 e. The van der Waals surface area contributed by atoms with Crippen molar-refractivity contribution in [1.29, 1.82) is 0 Å². The van der Waals surface area contributed by atoms with E-state index in [9.17, 15) is 24.5 Å². The van der Waals surface area contributed by atoms with Gasteiger partial charge in [-0.1, -0.05) is 90.4 Å². The van der Waals surface area contributed by atoms with Crippen LogP contribution in [0.2, 0.25) is 0 Å². The van der Waals surface area contributed by atoms with Crippen LogP contribution >= 0.6 is 0 Å². The van der Waals surface area contributed by atoms with Gasteiger partial charge in [0, 0.05) is 12.0 Å². The van der Waals surface area contributed by atoms with Crippen LogP contribution in [0.5, 0.6) is 0 Å². The normalized spacial score (nSPS) is 27.8. The molecule has 2 fully saturated rings. The fourth-order valence-electron chi connectivity index (χ4n) is 7.26. The predicted molar refractivity (Wildman–Crippen MR) is 176 cm³/mol. The average Bonchev–Trinajstić information content (AvgIpc) is 3.77. The van der Waals surface area contributed by atoms with Crippen LogP contribution in [0.4, 0.5) is 4.39 Å². The number of hydrogen-bond acceptors (Lipinski definition) is 7. The van der Waals surface area contributed by atoms with Crippen LogP contribution in [0.25, 0.3) is 0 Å². The molecule has 3 aliphatic heterocycles. The summed E-state index contributed by atoms with van der Waals surface area (Å²) >= 11 is 0. The van der Waals surface area contributed by atoms with E-state index in [1.54, 1.807) is 6.08 Å². The van der Waals surface area contributed by atoms with Gasteiger partial charge in [-0.2, -0.15) is 0 Å². The largest absolute Gasteiger partial charge is 0.455 e. The molecule has 0 aromatic heterocycles. The summed E-state index contributed by atoms with van der Waals surface area (Å²) in [5.74, 6) is -0.299. The lowest BCUT2D eigenvalue weighted by atomic mass is 9.99. The summed E-state index contributed by atoms with van der Waals surface area (Å²) in [6.45, 7) is 4.05. The van der Waals surface area contributed by atoms with Gasteiger partial charge in [-0.25, -0.2) is 9.18 Å². The lowest BCUT2D eigenvalue weighted by Crippen LogP contribution is -2.32. The van der Waals surface area contributed by atoms with Crippen LogP contribution in [0, 0.1) is 0 Å². The minimum Gasteiger partial charge on any atom is -0.455 e. The second-order valence-electron chi connectivity index (χ2n) is 14.2. The van der Waals surface area contributed by atoms with E-state index in [1.165, 1.54) is 38.5 Å². The van der Waals surface area contributed by atoms with Crippen LogP contribution in [-0.2, 0) is 19.0 Å². The quantitative estimate of drug-likeness (QED) is 0.0691. The first-order valence-electron chi connectivity index (χ1n) is 18.7. The summed E-state index contributed by atoms with van der Waals surface area (Å²) in [7, 11) is 0. The van der Waals surface area contributed by atoms with Crippen LogP contribution in [-0.4, -0.2) is 76.3 Å². The maximum atomic E-state index is 14.8. The predicted octanol–water partition coefficient (Wildman–Crippen LogP) is 7.81. The SMILES string of the molecule is CCCCCCCCCC[C@H]([18F])[C@H]1CC[C@H]([C@H](O)CC[C@H](O)[C@@H]2CC[C@@H](CCCCCCC[C@@H](O)CC3=C[C@H](C)OC3=O)O2)O1. The molecule has 0 aliphatic carbocycles. The fourth-order valence-corrected chi connectivity index (χ4v) is 7.26.